The van der Waals surface area contributed by atoms with E-state index in [9.17, 15) is 9.59 Å². The Bertz CT molecular complexity index is 278. The van der Waals surface area contributed by atoms with Crippen LogP contribution in [0.2, 0.25) is 0 Å². The van der Waals surface area contributed by atoms with Crippen LogP contribution in [0.5, 0.6) is 0 Å². The molecule has 1 aliphatic rings. The SMILES string of the molecule is COC(=O)OC1(OC(=O)OC)C=CCCC1. The molecule has 0 fully saturated rings. The number of methoxy groups -OCH3 is 2. The Morgan fingerprint density at radius 3 is 2.06 bits per heavy atom. The van der Waals surface area contributed by atoms with Crippen LogP contribution < -0.4 is 0 Å². The lowest BCUT2D eigenvalue weighted by atomic mass is 10.0. The maximum absolute atomic E-state index is 11.0. The highest BCUT2D eigenvalue weighted by Crippen LogP contribution is 2.28. The van der Waals surface area contributed by atoms with Gasteiger partial charge in [-0.1, -0.05) is 6.08 Å². The molecule has 0 radical (unpaired) electrons. The lowest BCUT2D eigenvalue weighted by Gasteiger charge is -2.30. The number of hydrogen-bond acceptors (Lipinski definition) is 6. The second kappa shape index (κ2) is 5.39. The average molecular weight is 230 g/mol. The third kappa shape index (κ3) is 3.15. The van der Waals surface area contributed by atoms with Gasteiger partial charge in [-0.2, -0.15) is 0 Å². The van der Waals surface area contributed by atoms with Crippen molar-refractivity contribution in [3.8, 4) is 0 Å². The number of ether oxygens (including phenoxy) is 4. The molecule has 0 aliphatic heterocycles. The van der Waals surface area contributed by atoms with Crippen molar-refractivity contribution in [3.05, 3.63) is 12.2 Å². The van der Waals surface area contributed by atoms with E-state index >= 15 is 0 Å². The molecule has 0 spiro atoms. The lowest BCUT2D eigenvalue weighted by molar-refractivity contribution is -0.160. The first-order chi connectivity index (χ1) is 7.62. The minimum Gasteiger partial charge on any atom is -0.438 e. The Labute approximate surface area is 93.1 Å². The van der Waals surface area contributed by atoms with Crippen LogP contribution in [0.3, 0.4) is 0 Å². The van der Waals surface area contributed by atoms with E-state index in [1.54, 1.807) is 6.08 Å². The van der Waals surface area contributed by atoms with E-state index in [0.29, 0.717) is 6.42 Å². The van der Waals surface area contributed by atoms with Crippen molar-refractivity contribution >= 4 is 12.3 Å². The smallest absolute Gasteiger partial charge is 0.438 e. The van der Waals surface area contributed by atoms with E-state index in [-0.39, 0.29) is 0 Å². The topological polar surface area (TPSA) is 71.1 Å². The monoisotopic (exact) mass is 230 g/mol. The van der Waals surface area contributed by atoms with Gasteiger partial charge in [-0.3, -0.25) is 0 Å². The highest BCUT2D eigenvalue weighted by molar-refractivity contribution is 5.63. The molecule has 0 amide bonds. The van der Waals surface area contributed by atoms with Gasteiger partial charge >= 0.3 is 12.3 Å². The molecule has 6 nitrogen and oxygen atoms in total. The Hall–Kier alpha value is -1.72. The Kier molecular flexibility index (Phi) is 4.16. The summed E-state index contributed by atoms with van der Waals surface area (Å²) in [5, 5.41) is 0. The fourth-order valence-electron chi connectivity index (χ4n) is 1.37. The van der Waals surface area contributed by atoms with Crippen molar-refractivity contribution < 1.29 is 28.5 Å². The van der Waals surface area contributed by atoms with Gasteiger partial charge in [-0.05, 0) is 18.9 Å². The fraction of sp³-hybridized carbons (Fsp3) is 0.600. The van der Waals surface area contributed by atoms with Crippen molar-refractivity contribution in [2.24, 2.45) is 0 Å². The molecule has 0 N–H and O–H groups in total. The molecule has 6 heteroatoms. The van der Waals surface area contributed by atoms with Gasteiger partial charge in [0.1, 0.15) is 0 Å². The van der Waals surface area contributed by atoms with E-state index < -0.39 is 18.1 Å². The van der Waals surface area contributed by atoms with Crippen molar-refractivity contribution in [2.75, 3.05) is 14.2 Å². The molecule has 0 bridgehead atoms. The predicted octanol–water partition coefficient (Wildman–Crippen LogP) is 1.99. The summed E-state index contributed by atoms with van der Waals surface area (Å²) in [4.78, 5) is 22.1. The van der Waals surface area contributed by atoms with Crippen LogP contribution in [-0.4, -0.2) is 32.3 Å². The van der Waals surface area contributed by atoms with Crippen LogP contribution in [-0.2, 0) is 18.9 Å². The third-order valence-corrected chi connectivity index (χ3v) is 2.11. The van der Waals surface area contributed by atoms with Gasteiger partial charge in [0.2, 0.25) is 0 Å². The van der Waals surface area contributed by atoms with Crippen LogP contribution >= 0.6 is 0 Å². The molecule has 0 aromatic carbocycles. The zero-order chi connectivity index (χ0) is 12.0. The summed E-state index contributed by atoms with van der Waals surface area (Å²) in [5.41, 5.74) is 0. The van der Waals surface area contributed by atoms with Crippen molar-refractivity contribution in [1.29, 1.82) is 0 Å². The van der Waals surface area contributed by atoms with Gasteiger partial charge in [0.05, 0.1) is 14.2 Å². The van der Waals surface area contributed by atoms with Crippen LogP contribution in [0.25, 0.3) is 0 Å². The van der Waals surface area contributed by atoms with E-state index in [0.717, 1.165) is 12.8 Å². The summed E-state index contributed by atoms with van der Waals surface area (Å²) in [6.45, 7) is 0. The molecule has 0 saturated carbocycles. The Morgan fingerprint density at radius 1 is 1.12 bits per heavy atom. The zero-order valence-corrected chi connectivity index (χ0v) is 9.23. The fourth-order valence-corrected chi connectivity index (χ4v) is 1.37. The standard InChI is InChI=1S/C10H14O6/c1-13-8(11)15-10(16-9(12)14-2)6-4-3-5-7-10/h4,6H,3,5,7H2,1-2H3. The highest BCUT2D eigenvalue weighted by Gasteiger charge is 2.38. The van der Waals surface area contributed by atoms with E-state index in [1.807, 2.05) is 0 Å². The number of carbonyl (C=O) groups excluding carboxylic acids is 2. The largest absolute Gasteiger partial charge is 0.511 e. The van der Waals surface area contributed by atoms with Crippen molar-refractivity contribution in [2.45, 2.75) is 25.0 Å². The molecule has 90 valence electrons. The van der Waals surface area contributed by atoms with Crippen LogP contribution in [0.15, 0.2) is 12.2 Å². The Morgan fingerprint density at radius 2 is 1.69 bits per heavy atom. The van der Waals surface area contributed by atoms with Gasteiger partial charge in [0, 0.05) is 6.42 Å². The quantitative estimate of drug-likeness (QED) is 0.410. The lowest BCUT2D eigenvalue weighted by Crippen LogP contribution is -2.39. The minimum absolute atomic E-state index is 0.383. The van der Waals surface area contributed by atoms with Gasteiger partial charge in [-0.15, -0.1) is 0 Å². The van der Waals surface area contributed by atoms with E-state index in [2.05, 4.69) is 9.47 Å². The normalized spacial score (nSPS) is 17.4. The number of allylic oxidation sites excluding steroid dienone is 1. The molecule has 0 saturated heterocycles. The molecule has 1 aliphatic carbocycles. The van der Waals surface area contributed by atoms with Crippen LogP contribution in [0.1, 0.15) is 19.3 Å². The maximum atomic E-state index is 11.0. The molecule has 16 heavy (non-hydrogen) atoms. The summed E-state index contributed by atoms with van der Waals surface area (Å²) in [5.74, 6) is -1.40. The number of rotatable bonds is 2. The first-order valence-electron chi connectivity index (χ1n) is 4.83. The van der Waals surface area contributed by atoms with Crippen LogP contribution in [0, 0.1) is 0 Å². The summed E-state index contributed by atoms with van der Waals surface area (Å²) >= 11 is 0. The first kappa shape index (κ1) is 12.4. The summed E-state index contributed by atoms with van der Waals surface area (Å²) in [6, 6.07) is 0. The number of hydrogen-bond donors (Lipinski definition) is 0. The number of carbonyl (C=O) groups is 2. The highest BCUT2D eigenvalue weighted by atomic mass is 16.8. The first-order valence-corrected chi connectivity index (χ1v) is 4.83. The van der Waals surface area contributed by atoms with Crippen molar-refractivity contribution in [1.82, 2.24) is 0 Å². The zero-order valence-electron chi connectivity index (χ0n) is 9.23. The second-order valence-corrected chi connectivity index (χ2v) is 3.22. The predicted molar refractivity (Wildman–Crippen MR) is 52.7 cm³/mol. The second-order valence-electron chi connectivity index (χ2n) is 3.22. The molecule has 0 atom stereocenters. The molecule has 0 heterocycles. The molecule has 1 rings (SSSR count). The van der Waals surface area contributed by atoms with Gasteiger partial charge in [0.15, 0.2) is 0 Å². The summed E-state index contributed by atoms with van der Waals surface area (Å²) in [6.07, 6.45) is 3.44. The van der Waals surface area contributed by atoms with Crippen molar-refractivity contribution in [3.63, 3.8) is 0 Å². The maximum Gasteiger partial charge on any atom is 0.511 e. The molecule has 0 aromatic rings. The molecule has 0 aromatic heterocycles. The molecular weight excluding hydrogens is 216 g/mol. The van der Waals surface area contributed by atoms with E-state index in [1.165, 1.54) is 20.3 Å². The third-order valence-electron chi connectivity index (χ3n) is 2.11. The van der Waals surface area contributed by atoms with Gasteiger partial charge in [-0.25, -0.2) is 9.59 Å². The van der Waals surface area contributed by atoms with Crippen LogP contribution in [0.4, 0.5) is 9.59 Å². The van der Waals surface area contributed by atoms with E-state index in [4.69, 9.17) is 9.47 Å². The average Bonchev–Trinajstić information content (AvgIpc) is 2.29. The molecular formula is C10H14O6. The molecule has 0 unspecified atom stereocenters. The van der Waals surface area contributed by atoms with Gasteiger partial charge in [0.25, 0.3) is 5.79 Å². The summed E-state index contributed by atoms with van der Waals surface area (Å²) in [7, 11) is 2.36. The summed E-state index contributed by atoms with van der Waals surface area (Å²) < 4.78 is 18.6. The Balaban J connectivity index is 2.75. The minimum atomic E-state index is -1.40. The van der Waals surface area contributed by atoms with Gasteiger partial charge < -0.3 is 18.9 Å².